The highest BCUT2D eigenvalue weighted by atomic mass is 19.1. The molecule has 1 aliphatic carbocycles. The SMILES string of the molecule is COc1c(F)cccc1C(=O)N1CCCC2(CCc3cn[nH]c32)C1. The van der Waals surface area contributed by atoms with E-state index in [1.165, 1.54) is 24.4 Å². The summed E-state index contributed by atoms with van der Waals surface area (Å²) in [6.45, 7) is 1.32. The number of likely N-dealkylation sites (tertiary alicyclic amines) is 1. The summed E-state index contributed by atoms with van der Waals surface area (Å²) in [6.07, 6.45) is 5.90. The summed E-state index contributed by atoms with van der Waals surface area (Å²) in [5.41, 5.74) is 2.68. The molecule has 126 valence electrons. The Morgan fingerprint density at radius 3 is 3.12 bits per heavy atom. The van der Waals surface area contributed by atoms with Crippen LogP contribution in [-0.4, -0.2) is 41.2 Å². The number of para-hydroxylation sites is 1. The van der Waals surface area contributed by atoms with Crippen molar-refractivity contribution in [3.05, 3.63) is 47.0 Å². The van der Waals surface area contributed by atoms with Gasteiger partial charge in [0.1, 0.15) is 0 Å². The number of fused-ring (bicyclic) bond motifs is 2. The summed E-state index contributed by atoms with van der Waals surface area (Å²) in [5, 5.41) is 7.30. The minimum absolute atomic E-state index is 0.0239. The molecule has 1 aliphatic heterocycles. The van der Waals surface area contributed by atoms with Gasteiger partial charge in [-0.05, 0) is 43.4 Å². The van der Waals surface area contributed by atoms with Gasteiger partial charge in [0.25, 0.3) is 5.91 Å². The number of nitrogens with one attached hydrogen (secondary N) is 1. The van der Waals surface area contributed by atoms with Gasteiger partial charge in [0.2, 0.25) is 0 Å². The summed E-state index contributed by atoms with van der Waals surface area (Å²) in [6, 6.07) is 4.48. The fraction of sp³-hybridized carbons (Fsp3) is 0.444. The van der Waals surface area contributed by atoms with Crippen LogP contribution >= 0.6 is 0 Å². The molecule has 2 aliphatic rings. The van der Waals surface area contributed by atoms with E-state index >= 15 is 0 Å². The molecule has 1 aromatic heterocycles. The topological polar surface area (TPSA) is 58.2 Å². The van der Waals surface area contributed by atoms with E-state index in [0.717, 1.165) is 25.7 Å². The standard InChI is InChI=1S/C18H20FN3O2/c1-24-15-13(4-2-5-14(15)19)17(23)22-9-3-7-18(11-22)8-6-12-10-20-21-16(12)18/h2,4-5,10H,3,6-9,11H2,1H3,(H,20,21). The number of nitrogens with zero attached hydrogens (tertiary/aromatic N) is 2. The number of methoxy groups -OCH3 is 1. The predicted molar refractivity (Wildman–Crippen MR) is 86.7 cm³/mol. The van der Waals surface area contributed by atoms with Gasteiger partial charge in [-0.15, -0.1) is 0 Å². The average Bonchev–Trinajstić information content (AvgIpc) is 3.19. The Hall–Kier alpha value is -2.37. The smallest absolute Gasteiger partial charge is 0.257 e. The van der Waals surface area contributed by atoms with Crippen LogP contribution in [0.3, 0.4) is 0 Å². The molecule has 1 spiro atoms. The summed E-state index contributed by atoms with van der Waals surface area (Å²) >= 11 is 0. The lowest BCUT2D eigenvalue weighted by Gasteiger charge is -2.40. The number of aromatic nitrogens is 2. The van der Waals surface area contributed by atoms with E-state index < -0.39 is 5.82 Å². The molecule has 24 heavy (non-hydrogen) atoms. The van der Waals surface area contributed by atoms with Crippen LogP contribution in [0.15, 0.2) is 24.4 Å². The van der Waals surface area contributed by atoms with Crippen molar-refractivity contribution in [2.24, 2.45) is 0 Å². The van der Waals surface area contributed by atoms with E-state index in [9.17, 15) is 9.18 Å². The maximum Gasteiger partial charge on any atom is 0.257 e. The van der Waals surface area contributed by atoms with Crippen molar-refractivity contribution in [2.75, 3.05) is 20.2 Å². The van der Waals surface area contributed by atoms with Crippen LogP contribution in [-0.2, 0) is 11.8 Å². The Bertz CT molecular complexity index is 788. The molecule has 6 heteroatoms. The summed E-state index contributed by atoms with van der Waals surface area (Å²) in [7, 11) is 1.39. The number of aryl methyl sites for hydroxylation is 1. The fourth-order valence-corrected chi connectivity index (χ4v) is 4.23. The molecule has 1 unspecified atom stereocenters. The van der Waals surface area contributed by atoms with Crippen LogP contribution in [0, 0.1) is 5.82 Å². The number of amides is 1. The molecule has 2 heterocycles. The third kappa shape index (κ3) is 2.20. The van der Waals surface area contributed by atoms with Gasteiger partial charge in [-0.2, -0.15) is 5.10 Å². The van der Waals surface area contributed by atoms with Crippen LogP contribution in [0.1, 0.15) is 40.9 Å². The monoisotopic (exact) mass is 329 g/mol. The second-order valence-corrected chi connectivity index (χ2v) is 6.70. The van der Waals surface area contributed by atoms with Crippen LogP contribution < -0.4 is 4.74 Å². The van der Waals surface area contributed by atoms with Crippen molar-refractivity contribution in [3.8, 4) is 5.75 Å². The molecular weight excluding hydrogens is 309 g/mol. The van der Waals surface area contributed by atoms with E-state index in [0.29, 0.717) is 13.1 Å². The van der Waals surface area contributed by atoms with Gasteiger partial charge >= 0.3 is 0 Å². The van der Waals surface area contributed by atoms with Gasteiger partial charge in [0.05, 0.1) is 18.9 Å². The molecule has 1 atom stereocenters. The van der Waals surface area contributed by atoms with Crippen molar-refractivity contribution in [2.45, 2.75) is 31.1 Å². The maximum absolute atomic E-state index is 13.9. The zero-order chi connectivity index (χ0) is 16.7. The van der Waals surface area contributed by atoms with Crippen molar-refractivity contribution in [3.63, 3.8) is 0 Å². The van der Waals surface area contributed by atoms with Gasteiger partial charge < -0.3 is 9.64 Å². The molecule has 1 amide bonds. The lowest BCUT2D eigenvalue weighted by atomic mass is 9.77. The van der Waals surface area contributed by atoms with Crippen molar-refractivity contribution in [1.29, 1.82) is 0 Å². The van der Waals surface area contributed by atoms with E-state index in [2.05, 4.69) is 10.2 Å². The number of ether oxygens (including phenoxy) is 1. The second-order valence-electron chi connectivity index (χ2n) is 6.70. The van der Waals surface area contributed by atoms with Crippen molar-refractivity contribution < 1.29 is 13.9 Å². The molecule has 1 fully saturated rings. The van der Waals surface area contributed by atoms with E-state index in [-0.39, 0.29) is 22.6 Å². The molecule has 1 aromatic carbocycles. The predicted octanol–water partition coefficient (Wildman–Crippen LogP) is 2.68. The summed E-state index contributed by atoms with van der Waals surface area (Å²) in [4.78, 5) is 14.8. The highest BCUT2D eigenvalue weighted by Gasteiger charge is 2.44. The molecule has 1 saturated heterocycles. The number of carbonyl (C=O) groups is 1. The Morgan fingerprint density at radius 2 is 2.29 bits per heavy atom. The van der Waals surface area contributed by atoms with Crippen LogP contribution in [0.25, 0.3) is 0 Å². The summed E-state index contributed by atoms with van der Waals surface area (Å²) < 4.78 is 19.0. The van der Waals surface area contributed by atoms with Crippen LogP contribution in [0.2, 0.25) is 0 Å². The second kappa shape index (κ2) is 5.61. The van der Waals surface area contributed by atoms with Gasteiger partial charge in [-0.3, -0.25) is 9.89 Å². The number of rotatable bonds is 2. The highest BCUT2D eigenvalue weighted by molar-refractivity contribution is 5.97. The van der Waals surface area contributed by atoms with E-state index in [1.54, 1.807) is 12.1 Å². The van der Waals surface area contributed by atoms with E-state index in [1.807, 2.05) is 11.1 Å². The molecule has 2 aromatic rings. The average molecular weight is 329 g/mol. The first-order valence-electron chi connectivity index (χ1n) is 8.29. The number of hydrogen-bond acceptors (Lipinski definition) is 3. The molecule has 1 N–H and O–H groups in total. The number of aromatic amines is 1. The number of carbonyl (C=O) groups excluding carboxylic acids is 1. The largest absolute Gasteiger partial charge is 0.493 e. The Balaban J connectivity index is 1.64. The fourth-order valence-electron chi connectivity index (χ4n) is 4.23. The first kappa shape index (κ1) is 15.2. The van der Waals surface area contributed by atoms with Gasteiger partial charge in [-0.1, -0.05) is 6.07 Å². The number of H-pyrrole nitrogens is 1. The van der Waals surface area contributed by atoms with Gasteiger partial charge in [0.15, 0.2) is 11.6 Å². The zero-order valence-electron chi connectivity index (χ0n) is 13.6. The van der Waals surface area contributed by atoms with Crippen LogP contribution in [0.4, 0.5) is 4.39 Å². The molecular formula is C18H20FN3O2. The Morgan fingerprint density at radius 1 is 1.42 bits per heavy atom. The molecule has 4 rings (SSSR count). The lowest BCUT2D eigenvalue weighted by Crippen LogP contribution is -2.48. The van der Waals surface area contributed by atoms with Gasteiger partial charge in [0, 0.05) is 24.2 Å². The number of halogens is 1. The molecule has 0 bridgehead atoms. The first-order valence-corrected chi connectivity index (χ1v) is 8.29. The Labute approximate surface area is 139 Å². The highest BCUT2D eigenvalue weighted by Crippen LogP contribution is 2.44. The van der Waals surface area contributed by atoms with E-state index in [4.69, 9.17) is 4.74 Å². The summed E-state index contributed by atoms with van der Waals surface area (Å²) in [5.74, 6) is -0.652. The Kier molecular flexibility index (Phi) is 3.55. The van der Waals surface area contributed by atoms with Gasteiger partial charge in [-0.25, -0.2) is 4.39 Å². The first-order chi connectivity index (χ1) is 11.6. The zero-order valence-corrected chi connectivity index (χ0v) is 13.6. The number of benzene rings is 1. The molecule has 5 nitrogen and oxygen atoms in total. The van der Waals surface area contributed by atoms with Crippen molar-refractivity contribution in [1.82, 2.24) is 15.1 Å². The maximum atomic E-state index is 13.9. The van der Waals surface area contributed by atoms with Crippen molar-refractivity contribution >= 4 is 5.91 Å². The van der Waals surface area contributed by atoms with Crippen LogP contribution in [0.5, 0.6) is 5.75 Å². The minimum Gasteiger partial charge on any atom is -0.493 e. The minimum atomic E-state index is -0.508. The molecule has 0 radical (unpaired) electrons. The molecule has 0 saturated carbocycles. The number of hydrogen-bond donors (Lipinski definition) is 1. The normalized spacial score (nSPS) is 22.7. The third-order valence-corrected chi connectivity index (χ3v) is 5.39. The lowest BCUT2D eigenvalue weighted by molar-refractivity contribution is 0.0628. The third-order valence-electron chi connectivity index (χ3n) is 5.39. The number of piperidine rings is 1. The quantitative estimate of drug-likeness (QED) is 0.921.